The molecule has 4 heteroatoms. The zero-order chi connectivity index (χ0) is 12.0. The Morgan fingerprint density at radius 1 is 1.50 bits per heavy atom. The average Bonchev–Trinajstić information content (AvgIpc) is 2.25. The molecule has 0 aliphatic carbocycles. The summed E-state index contributed by atoms with van der Waals surface area (Å²) in [5.41, 5.74) is 0.655. The first-order chi connectivity index (χ1) is 7.66. The number of benzene rings is 1. The summed E-state index contributed by atoms with van der Waals surface area (Å²) >= 11 is 1.43. The molecule has 0 bridgehead atoms. The van der Waals surface area contributed by atoms with Crippen LogP contribution in [0.15, 0.2) is 23.1 Å². The van der Waals surface area contributed by atoms with Gasteiger partial charge in [0.25, 0.3) is 0 Å². The van der Waals surface area contributed by atoms with E-state index in [1.165, 1.54) is 17.8 Å². The molecule has 0 saturated heterocycles. The fourth-order valence-electron chi connectivity index (χ4n) is 1.38. The molecular weight excluding hydrogens is 227 g/mol. The molecule has 1 rings (SSSR count). The molecule has 0 amide bonds. The van der Waals surface area contributed by atoms with Crippen molar-refractivity contribution in [3.8, 4) is 0 Å². The molecule has 0 saturated carbocycles. The van der Waals surface area contributed by atoms with Gasteiger partial charge in [0.05, 0.1) is 6.10 Å². The summed E-state index contributed by atoms with van der Waals surface area (Å²) in [5, 5.41) is 9.53. The normalized spacial score (nSPS) is 12.8. The third-order valence-corrected chi connectivity index (χ3v) is 3.40. The van der Waals surface area contributed by atoms with E-state index in [9.17, 15) is 9.50 Å². The molecule has 16 heavy (non-hydrogen) atoms. The van der Waals surface area contributed by atoms with Crippen molar-refractivity contribution in [1.29, 1.82) is 0 Å². The summed E-state index contributed by atoms with van der Waals surface area (Å²) in [6.45, 7) is 2.32. The van der Waals surface area contributed by atoms with Crippen molar-refractivity contribution < 1.29 is 14.2 Å². The minimum Gasteiger partial charge on any atom is -0.389 e. The molecule has 1 unspecified atom stereocenters. The molecule has 1 aromatic carbocycles. The number of ether oxygens (including phenoxy) is 1. The second-order valence-corrected chi connectivity index (χ2v) is 4.63. The number of aliphatic hydroxyl groups excluding tert-OH is 1. The molecule has 1 aromatic rings. The number of thioether (sulfide) groups is 1. The number of aliphatic hydroxyl groups is 1. The summed E-state index contributed by atoms with van der Waals surface area (Å²) in [7, 11) is 1.65. The van der Waals surface area contributed by atoms with E-state index >= 15 is 0 Å². The third kappa shape index (κ3) is 3.77. The van der Waals surface area contributed by atoms with Crippen molar-refractivity contribution in [3.63, 3.8) is 0 Å². The highest BCUT2D eigenvalue weighted by Crippen LogP contribution is 2.30. The summed E-state index contributed by atoms with van der Waals surface area (Å²) in [6.07, 6.45) is 0.231. The number of rotatable bonds is 6. The maximum Gasteiger partial charge on any atom is 0.137 e. The van der Waals surface area contributed by atoms with Crippen molar-refractivity contribution >= 4 is 11.8 Å². The smallest absolute Gasteiger partial charge is 0.137 e. The largest absolute Gasteiger partial charge is 0.389 e. The lowest BCUT2D eigenvalue weighted by Gasteiger charge is -2.12. The van der Waals surface area contributed by atoms with Crippen LogP contribution >= 0.6 is 11.8 Å². The van der Waals surface area contributed by atoms with Crippen LogP contribution in [0.25, 0.3) is 0 Å². The van der Waals surface area contributed by atoms with Gasteiger partial charge in [-0.05, 0) is 25.0 Å². The van der Waals surface area contributed by atoms with Crippen molar-refractivity contribution in [1.82, 2.24) is 0 Å². The van der Waals surface area contributed by atoms with Gasteiger partial charge in [-0.1, -0.05) is 12.1 Å². The molecule has 2 nitrogen and oxygen atoms in total. The molecule has 1 N–H and O–H groups in total. The Kier molecular flexibility index (Phi) is 5.80. The van der Waals surface area contributed by atoms with Gasteiger partial charge in [0.15, 0.2) is 0 Å². The van der Waals surface area contributed by atoms with Gasteiger partial charge in [0.2, 0.25) is 0 Å². The van der Waals surface area contributed by atoms with Crippen LogP contribution in [0.2, 0.25) is 0 Å². The van der Waals surface area contributed by atoms with Gasteiger partial charge >= 0.3 is 0 Å². The van der Waals surface area contributed by atoms with Gasteiger partial charge in [0.1, 0.15) is 5.82 Å². The van der Waals surface area contributed by atoms with Gasteiger partial charge in [0, 0.05) is 24.4 Å². The fraction of sp³-hybridized carbons (Fsp3) is 0.500. The summed E-state index contributed by atoms with van der Waals surface area (Å²) in [5.74, 6) is 0.523. The van der Waals surface area contributed by atoms with E-state index < -0.39 is 6.10 Å². The first-order valence-corrected chi connectivity index (χ1v) is 6.23. The summed E-state index contributed by atoms with van der Waals surface area (Å²) in [4.78, 5) is 0.550. The number of methoxy groups -OCH3 is 1. The van der Waals surface area contributed by atoms with Gasteiger partial charge in [-0.15, -0.1) is 11.8 Å². The number of halogens is 1. The van der Waals surface area contributed by atoms with Crippen molar-refractivity contribution in [3.05, 3.63) is 29.6 Å². The minimum absolute atomic E-state index is 0.263. The van der Waals surface area contributed by atoms with Gasteiger partial charge < -0.3 is 9.84 Å². The molecule has 0 fully saturated rings. The standard InChI is InChI=1S/C12H17FO2S/c1-9(14)10-5-3-6-11(13)12(10)16-8-4-7-15-2/h3,5-6,9,14H,4,7-8H2,1-2H3. The highest BCUT2D eigenvalue weighted by atomic mass is 32.2. The number of hydrogen-bond donors (Lipinski definition) is 1. The summed E-state index contributed by atoms with van der Waals surface area (Å²) in [6, 6.07) is 4.80. The Morgan fingerprint density at radius 2 is 2.25 bits per heavy atom. The van der Waals surface area contributed by atoms with Crippen LogP contribution in [-0.2, 0) is 4.74 Å². The first-order valence-electron chi connectivity index (χ1n) is 5.25. The molecule has 0 aliphatic rings. The predicted molar refractivity (Wildman–Crippen MR) is 64.3 cm³/mol. The quantitative estimate of drug-likeness (QED) is 0.616. The van der Waals surface area contributed by atoms with Crippen LogP contribution in [0, 0.1) is 5.82 Å². The van der Waals surface area contributed by atoms with Crippen LogP contribution in [0.1, 0.15) is 25.0 Å². The van der Waals surface area contributed by atoms with E-state index in [-0.39, 0.29) is 5.82 Å². The van der Waals surface area contributed by atoms with E-state index in [1.54, 1.807) is 26.2 Å². The molecule has 0 spiro atoms. The Hall–Kier alpha value is -0.580. The maximum atomic E-state index is 13.6. The summed E-state index contributed by atoms with van der Waals surface area (Å²) < 4.78 is 18.5. The van der Waals surface area contributed by atoms with Crippen molar-refractivity contribution in [2.24, 2.45) is 0 Å². The lowest BCUT2D eigenvalue weighted by atomic mass is 10.1. The van der Waals surface area contributed by atoms with Gasteiger partial charge in [-0.2, -0.15) is 0 Å². The van der Waals surface area contributed by atoms with Crippen LogP contribution in [-0.4, -0.2) is 24.6 Å². The zero-order valence-electron chi connectivity index (χ0n) is 9.57. The van der Waals surface area contributed by atoms with Gasteiger partial charge in [-0.25, -0.2) is 4.39 Å². The number of hydrogen-bond acceptors (Lipinski definition) is 3. The van der Waals surface area contributed by atoms with E-state index in [0.717, 1.165) is 12.2 Å². The Morgan fingerprint density at radius 3 is 2.88 bits per heavy atom. The van der Waals surface area contributed by atoms with Crippen molar-refractivity contribution in [2.45, 2.75) is 24.3 Å². The van der Waals surface area contributed by atoms with E-state index in [1.807, 2.05) is 0 Å². The minimum atomic E-state index is -0.638. The second kappa shape index (κ2) is 6.89. The second-order valence-electron chi connectivity index (χ2n) is 3.53. The molecule has 0 aliphatic heterocycles. The monoisotopic (exact) mass is 244 g/mol. The lowest BCUT2D eigenvalue weighted by Crippen LogP contribution is -1.98. The molecule has 0 heterocycles. The predicted octanol–water partition coefficient (Wildman–Crippen LogP) is 3.01. The van der Waals surface area contributed by atoms with Crippen LogP contribution in [0.4, 0.5) is 4.39 Å². The van der Waals surface area contributed by atoms with Crippen LogP contribution < -0.4 is 0 Å². The molecule has 90 valence electrons. The van der Waals surface area contributed by atoms with Crippen LogP contribution in [0.5, 0.6) is 0 Å². The van der Waals surface area contributed by atoms with E-state index in [2.05, 4.69) is 0 Å². The Labute approximate surface area is 99.8 Å². The molecular formula is C12H17FO2S. The zero-order valence-corrected chi connectivity index (χ0v) is 10.4. The SMILES string of the molecule is COCCCSc1c(F)cccc1C(C)O. The average molecular weight is 244 g/mol. The van der Waals surface area contributed by atoms with E-state index in [4.69, 9.17) is 4.74 Å². The third-order valence-electron chi connectivity index (χ3n) is 2.19. The van der Waals surface area contributed by atoms with Gasteiger partial charge in [-0.3, -0.25) is 0 Å². The molecule has 0 radical (unpaired) electrons. The first kappa shape index (κ1) is 13.5. The Bertz CT molecular complexity index is 329. The Balaban J connectivity index is 2.69. The maximum absolute atomic E-state index is 13.6. The van der Waals surface area contributed by atoms with Crippen molar-refractivity contribution in [2.75, 3.05) is 19.5 Å². The lowest BCUT2D eigenvalue weighted by molar-refractivity contribution is 0.195. The topological polar surface area (TPSA) is 29.5 Å². The fourth-order valence-corrected chi connectivity index (χ4v) is 2.46. The van der Waals surface area contributed by atoms with Crippen LogP contribution in [0.3, 0.4) is 0 Å². The molecule has 1 atom stereocenters. The molecule has 0 aromatic heterocycles. The highest BCUT2D eigenvalue weighted by molar-refractivity contribution is 7.99. The highest BCUT2D eigenvalue weighted by Gasteiger charge is 2.12. The van der Waals surface area contributed by atoms with E-state index in [0.29, 0.717) is 17.1 Å².